The molecule has 0 bridgehead atoms. The van der Waals surface area contributed by atoms with E-state index >= 15 is 0 Å². The van der Waals surface area contributed by atoms with Crippen molar-refractivity contribution in [3.05, 3.63) is 30.3 Å². The van der Waals surface area contributed by atoms with E-state index in [0.717, 1.165) is 5.69 Å². The summed E-state index contributed by atoms with van der Waals surface area (Å²) in [5, 5.41) is 2.89. The molecule has 2 heterocycles. The molecule has 0 aromatic heterocycles. The average Bonchev–Trinajstić information content (AvgIpc) is 2.99. The van der Waals surface area contributed by atoms with Crippen LogP contribution in [0.5, 0.6) is 0 Å². The minimum absolute atomic E-state index is 0.0527. The lowest BCUT2D eigenvalue weighted by Crippen LogP contribution is -2.43. The van der Waals surface area contributed by atoms with Crippen LogP contribution in [-0.2, 0) is 4.79 Å². The fourth-order valence-electron chi connectivity index (χ4n) is 3.21. The number of nitrogens with one attached hydrogen (secondary N) is 1. The highest BCUT2D eigenvalue weighted by molar-refractivity contribution is 5.98. The zero-order valence-corrected chi connectivity index (χ0v) is 12.5. The van der Waals surface area contributed by atoms with Crippen molar-refractivity contribution in [3.63, 3.8) is 0 Å². The van der Waals surface area contributed by atoms with Crippen LogP contribution in [0.4, 0.5) is 10.5 Å². The SMILES string of the molecule is CC(C)NC(=O)N1C[C@@H]2CN(c3ccccc3)C(=O)[C@@H]2C1. The van der Waals surface area contributed by atoms with E-state index < -0.39 is 0 Å². The maximum absolute atomic E-state index is 12.5. The van der Waals surface area contributed by atoms with Crippen molar-refractivity contribution in [1.29, 1.82) is 0 Å². The molecule has 5 nitrogen and oxygen atoms in total. The van der Waals surface area contributed by atoms with E-state index in [1.165, 1.54) is 0 Å². The predicted octanol–water partition coefficient (Wildman–Crippen LogP) is 1.70. The van der Waals surface area contributed by atoms with Gasteiger partial charge in [-0.2, -0.15) is 0 Å². The Morgan fingerprint density at radius 2 is 1.90 bits per heavy atom. The smallest absolute Gasteiger partial charge is 0.317 e. The van der Waals surface area contributed by atoms with E-state index in [1.54, 1.807) is 4.90 Å². The molecule has 112 valence electrons. The number of carbonyl (C=O) groups is 2. The van der Waals surface area contributed by atoms with E-state index in [-0.39, 0.29) is 29.8 Å². The van der Waals surface area contributed by atoms with E-state index in [4.69, 9.17) is 0 Å². The lowest BCUT2D eigenvalue weighted by atomic mass is 10.0. The first kappa shape index (κ1) is 13.9. The molecule has 0 unspecified atom stereocenters. The Morgan fingerprint density at radius 1 is 1.19 bits per heavy atom. The van der Waals surface area contributed by atoms with Crippen LogP contribution in [0.25, 0.3) is 0 Å². The van der Waals surface area contributed by atoms with Crippen molar-refractivity contribution in [3.8, 4) is 0 Å². The fraction of sp³-hybridized carbons (Fsp3) is 0.500. The summed E-state index contributed by atoms with van der Waals surface area (Å²) >= 11 is 0. The maximum Gasteiger partial charge on any atom is 0.317 e. The van der Waals surface area contributed by atoms with E-state index in [1.807, 2.05) is 49.1 Å². The first-order valence-electron chi connectivity index (χ1n) is 7.48. The molecule has 1 N–H and O–H groups in total. The number of likely N-dealkylation sites (tertiary alicyclic amines) is 1. The normalized spacial score (nSPS) is 24.6. The summed E-state index contributed by atoms with van der Waals surface area (Å²) in [6.45, 7) is 5.79. The Hall–Kier alpha value is -2.04. The monoisotopic (exact) mass is 287 g/mol. The van der Waals surface area contributed by atoms with Crippen molar-refractivity contribution < 1.29 is 9.59 Å². The second-order valence-electron chi connectivity index (χ2n) is 6.16. The number of benzene rings is 1. The van der Waals surface area contributed by atoms with Gasteiger partial charge < -0.3 is 15.1 Å². The molecule has 0 radical (unpaired) electrons. The van der Waals surface area contributed by atoms with Gasteiger partial charge in [0.15, 0.2) is 0 Å². The molecule has 0 spiro atoms. The third kappa shape index (κ3) is 2.60. The molecule has 0 saturated carbocycles. The molecule has 2 aliphatic heterocycles. The molecule has 3 rings (SSSR count). The number of amides is 3. The van der Waals surface area contributed by atoms with Gasteiger partial charge >= 0.3 is 6.03 Å². The van der Waals surface area contributed by atoms with E-state index in [9.17, 15) is 9.59 Å². The van der Waals surface area contributed by atoms with Gasteiger partial charge in [0, 0.05) is 37.3 Å². The molecular formula is C16H21N3O2. The number of hydrogen-bond donors (Lipinski definition) is 1. The molecule has 3 amide bonds. The Morgan fingerprint density at radius 3 is 2.52 bits per heavy atom. The summed E-state index contributed by atoms with van der Waals surface area (Å²) < 4.78 is 0. The highest BCUT2D eigenvalue weighted by Crippen LogP contribution is 2.34. The Kier molecular flexibility index (Phi) is 3.57. The third-order valence-electron chi connectivity index (χ3n) is 4.21. The predicted molar refractivity (Wildman–Crippen MR) is 81.0 cm³/mol. The molecule has 2 saturated heterocycles. The molecule has 2 fully saturated rings. The molecule has 5 heteroatoms. The average molecular weight is 287 g/mol. The van der Waals surface area contributed by atoms with Gasteiger partial charge in [-0.05, 0) is 26.0 Å². The van der Waals surface area contributed by atoms with Crippen LogP contribution < -0.4 is 10.2 Å². The number of carbonyl (C=O) groups excluding carboxylic acids is 2. The minimum Gasteiger partial charge on any atom is -0.336 e. The largest absolute Gasteiger partial charge is 0.336 e. The van der Waals surface area contributed by atoms with Crippen molar-refractivity contribution in [1.82, 2.24) is 10.2 Å². The number of urea groups is 1. The molecule has 1 aromatic carbocycles. The van der Waals surface area contributed by atoms with Crippen LogP contribution in [0.2, 0.25) is 0 Å². The van der Waals surface area contributed by atoms with Crippen molar-refractivity contribution in [2.75, 3.05) is 24.5 Å². The number of para-hydroxylation sites is 1. The number of nitrogens with zero attached hydrogens (tertiary/aromatic N) is 2. The Bertz CT molecular complexity index is 544. The standard InChI is InChI=1S/C16H21N3O2/c1-11(2)17-16(21)18-8-12-9-19(15(20)14(12)10-18)13-6-4-3-5-7-13/h3-7,11-12,14H,8-10H2,1-2H3,(H,17,21)/t12-,14-/m1/s1. The fourth-order valence-corrected chi connectivity index (χ4v) is 3.21. The van der Waals surface area contributed by atoms with Crippen LogP contribution in [0.3, 0.4) is 0 Å². The second-order valence-corrected chi connectivity index (χ2v) is 6.16. The van der Waals surface area contributed by atoms with Crippen molar-refractivity contribution in [2.24, 2.45) is 11.8 Å². The summed E-state index contributed by atoms with van der Waals surface area (Å²) in [6.07, 6.45) is 0. The third-order valence-corrected chi connectivity index (χ3v) is 4.21. The van der Waals surface area contributed by atoms with Gasteiger partial charge in [-0.25, -0.2) is 4.79 Å². The van der Waals surface area contributed by atoms with Crippen LogP contribution in [0, 0.1) is 11.8 Å². The first-order chi connectivity index (χ1) is 10.1. The second kappa shape index (κ2) is 5.39. The topological polar surface area (TPSA) is 52.7 Å². The van der Waals surface area contributed by atoms with Gasteiger partial charge in [0.2, 0.25) is 5.91 Å². The molecule has 0 aliphatic carbocycles. The first-order valence-corrected chi connectivity index (χ1v) is 7.48. The number of anilines is 1. The molecule has 1 aromatic rings. The van der Waals surface area contributed by atoms with Crippen LogP contribution in [0.1, 0.15) is 13.8 Å². The zero-order chi connectivity index (χ0) is 15.0. The summed E-state index contributed by atoms with van der Waals surface area (Å²) in [6, 6.07) is 9.82. The summed E-state index contributed by atoms with van der Waals surface area (Å²) in [4.78, 5) is 28.2. The van der Waals surface area contributed by atoms with Crippen LogP contribution in [0.15, 0.2) is 30.3 Å². The lowest BCUT2D eigenvalue weighted by Gasteiger charge is -2.23. The van der Waals surface area contributed by atoms with Crippen molar-refractivity contribution in [2.45, 2.75) is 19.9 Å². The summed E-state index contributed by atoms with van der Waals surface area (Å²) in [5.74, 6) is 0.338. The Labute approximate surface area is 124 Å². The van der Waals surface area contributed by atoms with E-state index in [2.05, 4.69) is 5.32 Å². The molecular weight excluding hydrogens is 266 g/mol. The summed E-state index contributed by atoms with van der Waals surface area (Å²) in [7, 11) is 0. The highest BCUT2D eigenvalue weighted by atomic mass is 16.2. The van der Waals surface area contributed by atoms with Gasteiger partial charge in [0.25, 0.3) is 0 Å². The molecule has 2 aliphatic rings. The van der Waals surface area contributed by atoms with Crippen LogP contribution in [-0.4, -0.2) is 42.5 Å². The Balaban J connectivity index is 1.67. The highest BCUT2D eigenvalue weighted by Gasteiger charge is 2.47. The lowest BCUT2D eigenvalue weighted by molar-refractivity contribution is -0.120. The molecule has 21 heavy (non-hydrogen) atoms. The minimum atomic E-state index is -0.0570. The molecule has 2 atom stereocenters. The van der Waals surface area contributed by atoms with Gasteiger partial charge in [-0.1, -0.05) is 18.2 Å². The number of rotatable bonds is 2. The number of hydrogen-bond acceptors (Lipinski definition) is 2. The van der Waals surface area contributed by atoms with Crippen LogP contribution >= 0.6 is 0 Å². The maximum atomic E-state index is 12.5. The number of fused-ring (bicyclic) bond motifs is 1. The van der Waals surface area contributed by atoms with Gasteiger partial charge in [0.05, 0.1) is 5.92 Å². The van der Waals surface area contributed by atoms with Gasteiger partial charge in [-0.3, -0.25) is 4.79 Å². The van der Waals surface area contributed by atoms with Crippen molar-refractivity contribution >= 4 is 17.6 Å². The quantitative estimate of drug-likeness (QED) is 0.900. The van der Waals surface area contributed by atoms with E-state index in [0.29, 0.717) is 19.6 Å². The van der Waals surface area contributed by atoms with Gasteiger partial charge in [0.1, 0.15) is 0 Å². The van der Waals surface area contributed by atoms with Gasteiger partial charge in [-0.15, -0.1) is 0 Å². The summed E-state index contributed by atoms with van der Waals surface area (Å²) in [5.41, 5.74) is 0.954. The zero-order valence-electron chi connectivity index (χ0n) is 12.5.